The van der Waals surface area contributed by atoms with Gasteiger partial charge in [0.1, 0.15) is 5.69 Å². The van der Waals surface area contributed by atoms with Gasteiger partial charge in [0.15, 0.2) is 5.65 Å². The zero-order valence-electron chi connectivity index (χ0n) is 16.5. The number of hydrogen-bond donors (Lipinski definition) is 1. The van der Waals surface area contributed by atoms with Gasteiger partial charge in [-0.05, 0) is 18.6 Å². The Balaban J connectivity index is 1.80. The fourth-order valence-electron chi connectivity index (χ4n) is 3.20. The highest BCUT2D eigenvalue weighted by Gasteiger charge is 2.17. The number of benzene rings is 2. The number of carbonyl (C=O) groups excluding carboxylic acids is 1. The first-order valence-electron chi connectivity index (χ1n) is 9.65. The van der Waals surface area contributed by atoms with Gasteiger partial charge in [-0.1, -0.05) is 60.1 Å². The van der Waals surface area contributed by atoms with E-state index in [0.717, 1.165) is 23.2 Å². The molecule has 152 valence electrons. The van der Waals surface area contributed by atoms with Crippen molar-refractivity contribution in [3.8, 4) is 22.5 Å². The predicted molar refractivity (Wildman–Crippen MR) is 118 cm³/mol. The molecule has 0 saturated carbocycles. The average molecular weight is 421 g/mol. The third-order valence-corrected chi connectivity index (χ3v) is 5.02. The number of halogens is 1. The van der Waals surface area contributed by atoms with Crippen LogP contribution in [0.5, 0.6) is 0 Å². The molecule has 7 heteroatoms. The fourth-order valence-corrected chi connectivity index (χ4v) is 3.43. The summed E-state index contributed by atoms with van der Waals surface area (Å²) in [5, 5.41) is 8.14. The molecule has 0 fully saturated rings. The number of methoxy groups -OCH3 is 1. The summed E-state index contributed by atoms with van der Waals surface area (Å²) in [6.45, 7) is 1.08. The zero-order chi connectivity index (χ0) is 20.9. The summed E-state index contributed by atoms with van der Waals surface area (Å²) >= 11 is 6.38. The molecule has 0 spiro atoms. The number of hydrogen-bond acceptors (Lipinski definition) is 4. The van der Waals surface area contributed by atoms with Gasteiger partial charge in [-0.15, -0.1) is 0 Å². The van der Waals surface area contributed by atoms with E-state index in [2.05, 4.69) is 10.4 Å². The summed E-state index contributed by atoms with van der Waals surface area (Å²) in [5.74, 6) is -0.227. The van der Waals surface area contributed by atoms with Crippen molar-refractivity contribution in [1.29, 1.82) is 0 Å². The number of nitrogens with one attached hydrogen (secondary N) is 1. The van der Waals surface area contributed by atoms with E-state index >= 15 is 0 Å². The van der Waals surface area contributed by atoms with E-state index in [9.17, 15) is 4.79 Å². The molecule has 0 aliphatic heterocycles. The average Bonchev–Trinajstić information content (AvgIpc) is 3.21. The zero-order valence-corrected chi connectivity index (χ0v) is 17.3. The minimum Gasteiger partial charge on any atom is -0.385 e. The molecular formula is C23H21ClN4O2. The van der Waals surface area contributed by atoms with Crippen LogP contribution in [0.3, 0.4) is 0 Å². The molecule has 30 heavy (non-hydrogen) atoms. The van der Waals surface area contributed by atoms with Crippen LogP contribution in [0.15, 0.2) is 66.7 Å². The Morgan fingerprint density at radius 2 is 1.83 bits per heavy atom. The summed E-state index contributed by atoms with van der Waals surface area (Å²) < 4.78 is 6.63. The SMILES string of the molecule is COCCCNC(=O)c1cc(-c2ccccc2Cl)nc2cc(-c3ccccc3)nn12. The van der Waals surface area contributed by atoms with Crippen molar-refractivity contribution < 1.29 is 9.53 Å². The molecular weight excluding hydrogens is 400 g/mol. The van der Waals surface area contributed by atoms with Crippen molar-refractivity contribution >= 4 is 23.2 Å². The minimum absolute atomic E-state index is 0.227. The fraction of sp³-hybridized carbons (Fsp3) is 0.174. The lowest BCUT2D eigenvalue weighted by molar-refractivity contribution is 0.0941. The minimum atomic E-state index is -0.227. The molecule has 2 aromatic carbocycles. The molecule has 0 aliphatic rings. The molecule has 2 heterocycles. The first-order valence-corrected chi connectivity index (χ1v) is 10.0. The van der Waals surface area contributed by atoms with E-state index in [1.54, 1.807) is 23.8 Å². The molecule has 1 N–H and O–H groups in total. The second-order valence-corrected chi connectivity index (χ2v) is 7.18. The Bertz CT molecular complexity index is 1170. The van der Waals surface area contributed by atoms with Gasteiger partial charge in [-0.25, -0.2) is 9.50 Å². The summed E-state index contributed by atoms with van der Waals surface area (Å²) in [6, 6.07) is 20.8. The topological polar surface area (TPSA) is 68.5 Å². The lowest BCUT2D eigenvalue weighted by Gasteiger charge is -2.10. The molecule has 6 nitrogen and oxygen atoms in total. The number of nitrogens with zero attached hydrogens (tertiary/aromatic N) is 3. The van der Waals surface area contributed by atoms with E-state index in [-0.39, 0.29) is 5.91 Å². The number of carbonyl (C=O) groups is 1. The van der Waals surface area contributed by atoms with Crippen molar-refractivity contribution in [3.63, 3.8) is 0 Å². The van der Waals surface area contributed by atoms with Gasteiger partial charge >= 0.3 is 0 Å². The highest BCUT2D eigenvalue weighted by atomic mass is 35.5. The second-order valence-electron chi connectivity index (χ2n) is 6.77. The Labute approximate surface area is 179 Å². The van der Waals surface area contributed by atoms with Crippen LogP contribution in [0, 0.1) is 0 Å². The molecule has 0 bridgehead atoms. The van der Waals surface area contributed by atoms with Gasteiger partial charge in [0.05, 0.1) is 11.4 Å². The molecule has 0 saturated heterocycles. The number of amides is 1. The molecule has 0 radical (unpaired) electrons. The smallest absolute Gasteiger partial charge is 0.270 e. The number of aromatic nitrogens is 3. The molecule has 0 atom stereocenters. The third-order valence-electron chi connectivity index (χ3n) is 4.69. The summed E-state index contributed by atoms with van der Waals surface area (Å²) in [5.41, 5.74) is 4.05. The molecule has 2 aromatic heterocycles. The quantitative estimate of drug-likeness (QED) is 0.447. The van der Waals surface area contributed by atoms with Crippen LogP contribution in [0.4, 0.5) is 0 Å². The normalized spacial score (nSPS) is 11.0. The number of ether oxygens (including phenoxy) is 1. The second kappa shape index (κ2) is 9.07. The summed E-state index contributed by atoms with van der Waals surface area (Å²) in [7, 11) is 1.64. The highest BCUT2D eigenvalue weighted by molar-refractivity contribution is 6.33. The van der Waals surface area contributed by atoms with Crippen LogP contribution < -0.4 is 5.32 Å². The van der Waals surface area contributed by atoms with Crippen LogP contribution >= 0.6 is 11.6 Å². The standard InChI is InChI=1S/C23H21ClN4O2/c1-30-13-7-12-25-23(29)21-14-20(17-10-5-6-11-18(17)24)26-22-15-19(27-28(21)22)16-8-3-2-4-9-16/h2-6,8-11,14-15H,7,12-13H2,1H3,(H,25,29). The highest BCUT2D eigenvalue weighted by Crippen LogP contribution is 2.28. The van der Waals surface area contributed by atoms with E-state index in [1.807, 2.05) is 54.6 Å². The molecule has 1 amide bonds. The van der Waals surface area contributed by atoms with E-state index < -0.39 is 0 Å². The maximum atomic E-state index is 13.0. The lowest BCUT2D eigenvalue weighted by Crippen LogP contribution is -2.27. The largest absolute Gasteiger partial charge is 0.385 e. The van der Waals surface area contributed by atoms with E-state index in [1.165, 1.54) is 0 Å². The molecule has 4 aromatic rings. The Kier molecular flexibility index (Phi) is 6.07. The Morgan fingerprint density at radius 1 is 1.07 bits per heavy atom. The van der Waals surface area contributed by atoms with Crippen molar-refractivity contribution in [1.82, 2.24) is 19.9 Å². The van der Waals surface area contributed by atoms with Gasteiger partial charge in [0.2, 0.25) is 0 Å². The van der Waals surface area contributed by atoms with Crippen LogP contribution in [-0.4, -0.2) is 40.8 Å². The van der Waals surface area contributed by atoms with Crippen molar-refractivity contribution in [2.24, 2.45) is 0 Å². The van der Waals surface area contributed by atoms with Crippen molar-refractivity contribution in [3.05, 3.63) is 77.4 Å². The van der Waals surface area contributed by atoms with Gasteiger partial charge < -0.3 is 10.1 Å². The van der Waals surface area contributed by atoms with Gasteiger partial charge in [0.25, 0.3) is 5.91 Å². The monoisotopic (exact) mass is 420 g/mol. The molecule has 0 unspecified atom stereocenters. The molecule has 4 rings (SSSR count). The maximum Gasteiger partial charge on any atom is 0.270 e. The van der Waals surface area contributed by atoms with Crippen LogP contribution in [0.1, 0.15) is 16.9 Å². The first kappa shape index (κ1) is 20.1. The summed E-state index contributed by atoms with van der Waals surface area (Å²) in [6.07, 6.45) is 0.724. The van der Waals surface area contributed by atoms with E-state index in [0.29, 0.717) is 35.2 Å². The maximum absolute atomic E-state index is 13.0. The Morgan fingerprint density at radius 3 is 2.60 bits per heavy atom. The molecule has 0 aliphatic carbocycles. The van der Waals surface area contributed by atoms with Crippen LogP contribution in [-0.2, 0) is 4.74 Å². The van der Waals surface area contributed by atoms with Crippen molar-refractivity contribution in [2.75, 3.05) is 20.3 Å². The van der Waals surface area contributed by atoms with Gasteiger partial charge in [-0.3, -0.25) is 4.79 Å². The number of fused-ring (bicyclic) bond motifs is 1. The Hall–Kier alpha value is -3.22. The van der Waals surface area contributed by atoms with Gasteiger partial charge in [0, 0.05) is 42.5 Å². The van der Waals surface area contributed by atoms with Gasteiger partial charge in [-0.2, -0.15) is 5.10 Å². The first-order chi connectivity index (χ1) is 14.7. The van der Waals surface area contributed by atoms with Crippen molar-refractivity contribution in [2.45, 2.75) is 6.42 Å². The summed E-state index contributed by atoms with van der Waals surface area (Å²) in [4.78, 5) is 17.7. The van der Waals surface area contributed by atoms with E-state index in [4.69, 9.17) is 21.3 Å². The number of rotatable bonds is 7. The third kappa shape index (κ3) is 4.20. The van der Waals surface area contributed by atoms with Crippen LogP contribution in [0.25, 0.3) is 28.2 Å². The van der Waals surface area contributed by atoms with Crippen LogP contribution in [0.2, 0.25) is 5.02 Å². The lowest BCUT2D eigenvalue weighted by atomic mass is 10.1. The predicted octanol–water partition coefficient (Wildman–Crippen LogP) is 4.48.